The third kappa shape index (κ3) is 0.939. The summed E-state index contributed by atoms with van der Waals surface area (Å²) in [6.45, 7) is 0. The molecule has 0 amide bonds. The zero-order chi connectivity index (χ0) is 9.38. The van der Waals surface area contributed by atoms with E-state index in [0.29, 0.717) is 0 Å². The molecule has 0 radical (unpaired) electrons. The average molecular weight is 182 g/mol. The molecular weight excluding hydrogens is 176 g/mol. The number of rotatable bonds is 0. The number of nitrogens with zero attached hydrogens (tertiary/aromatic N) is 4. The largest absolute Gasteiger partial charge is 0.252 e. The highest BCUT2D eigenvalue weighted by atomic mass is 15.1. The van der Waals surface area contributed by atoms with E-state index in [1.165, 1.54) is 0 Å². The molecule has 0 spiro atoms. The molecule has 0 aliphatic rings. The summed E-state index contributed by atoms with van der Waals surface area (Å²) in [5.41, 5.74) is 3.16. The Morgan fingerprint density at radius 3 is 1.71 bits per heavy atom. The topological polar surface area (TPSA) is 51.6 Å². The fourth-order valence-corrected chi connectivity index (χ4v) is 1.43. The Kier molecular flexibility index (Phi) is 1.41. The summed E-state index contributed by atoms with van der Waals surface area (Å²) in [6.07, 6.45) is 3.47. The standard InChI is InChI=1S/C10H6N4/c1-3-7-9(11-5-1)10-8(14-13-7)4-2-6-12-10/h1-6H. The summed E-state index contributed by atoms with van der Waals surface area (Å²) >= 11 is 0. The Bertz CT molecular complexity index is 551. The van der Waals surface area contributed by atoms with Crippen LogP contribution in [0.4, 0.5) is 0 Å². The van der Waals surface area contributed by atoms with Crippen molar-refractivity contribution in [2.45, 2.75) is 0 Å². The van der Waals surface area contributed by atoms with Crippen molar-refractivity contribution in [3.8, 4) is 0 Å². The lowest BCUT2D eigenvalue weighted by Gasteiger charge is -1.98. The van der Waals surface area contributed by atoms with Crippen molar-refractivity contribution >= 4 is 22.1 Å². The van der Waals surface area contributed by atoms with Crippen molar-refractivity contribution in [3.05, 3.63) is 36.7 Å². The van der Waals surface area contributed by atoms with E-state index in [4.69, 9.17) is 0 Å². The quantitative estimate of drug-likeness (QED) is 0.495. The van der Waals surface area contributed by atoms with E-state index < -0.39 is 0 Å². The van der Waals surface area contributed by atoms with Crippen molar-refractivity contribution < 1.29 is 0 Å². The fourth-order valence-electron chi connectivity index (χ4n) is 1.43. The van der Waals surface area contributed by atoms with E-state index in [1.54, 1.807) is 12.4 Å². The average Bonchev–Trinajstić information content (AvgIpc) is 2.29. The molecule has 0 bridgehead atoms. The minimum Gasteiger partial charge on any atom is -0.252 e. The Morgan fingerprint density at radius 1 is 0.714 bits per heavy atom. The second-order valence-corrected chi connectivity index (χ2v) is 2.94. The maximum absolute atomic E-state index is 4.24. The molecular formula is C10H6N4. The Hall–Kier alpha value is -2.10. The first-order valence-electron chi connectivity index (χ1n) is 4.27. The van der Waals surface area contributed by atoms with Gasteiger partial charge in [0, 0.05) is 12.4 Å². The Balaban J connectivity index is 2.61. The Labute approximate surface area is 79.6 Å². The van der Waals surface area contributed by atoms with Crippen LogP contribution >= 0.6 is 0 Å². The van der Waals surface area contributed by atoms with Gasteiger partial charge in [-0.3, -0.25) is 9.97 Å². The maximum atomic E-state index is 4.24. The zero-order valence-electron chi connectivity index (χ0n) is 7.25. The molecule has 14 heavy (non-hydrogen) atoms. The molecule has 0 atom stereocenters. The predicted molar refractivity (Wildman–Crippen MR) is 52.6 cm³/mol. The van der Waals surface area contributed by atoms with Gasteiger partial charge in [0.15, 0.2) is 0 Å². The van der Waals surface area contributed by atoms with Crippen LogP contribution in [-0.2, 0) is 0 Å². The second-order valence-electron chi connectivity index (χ2n) is 2.94. The van der Waals surface area contributed by atoms with Crippen LogP contribution in [0.25, 0.3) is 22.1 Å². The van der Waals surface area contributed by atoms with Crippen LogP contribution in [0.3, 0.4) is 0 Å². The summed E-state index contributed by atoms with van der Waals surface area (Å²) in [7, 11) is 0. The van der Waals surface area contributed by atoms with E-state index in [-0.39, 0.29) is 0 Å². The summed E-state index contributed by atoms with van der Waals surface area (Å²) in [6, 6.07) is 7.44. The third-order valence-electron chi connectivity index (χ3n) is 2.06. The van der Waals surface area contributed by atoms with Crippen LogP contribution in [-0.4, -0.2) is 20.2 Å². The molecule has 4 heteroatoms. The van der Waals surface area contributed by atoms with Crippen LogP contribution in [0.15, 0.2) is 36.7 Å². The second kappa shape index (κ2) is 2.70. The molecule has 0 unspecified atom stereocenters. The monoisotopic (exact) mass is 182 g/mol. The fraction of sp³-hybridized carbons (Fsp3) is 0. The van der Waals surface area contributed by atoms with Gasteiger partial charge in [-0.15, -0.1) is 10.2 Å². The molecule has 0 saturated heterocycles. The third-order valence-corrected chi connectivity index (χ3v) is 2.06. The molecule has 0 N–H and O–H groups in total. The predicted octanol–water partition coefficient (Wildman–Crippen LogP) is 1.57. The van der Waals surface area contributed by atoms with Crippen LogP contribution in [0.1, 0.15) is 0 Å². The zero-order valence-corrected chi connectivity index (χ0v) is 7.25. The van der Waals surface area contributed by atoms with Crippen molar-refractivity contribution in [1.82, 2.24) is 20.2 Å². The lowest BCUT2D eigenvalue weighted by Crippen LogP contribution is -1.90. The first kappa shape index (κ1) is 7.32. The first-order chi connectivity index (χ1) is 6.95. The van der Waals surface area contributed by atoms with Gasteiger partial charge in [-0.25, -0.2) is 0 Å². The number of hydrogen-bond acceptors (Lipinski definition) is 4. The van der Waals surface area contributed by atoms with E-state index in [0.717, 1.165) is 22.1 Å². The molecule has 0 fully saturated rings. The molecule has 0 aliphatic carbocycles. The van der Waals surface area contributed by atoms with Gasteiger partial charge in [0.25, 0.3) is 0 Å². The molecule has 3 aromatic heterocycles. The van der Waals surface area contributed by atoms with Gasteiger partial charge >= 0.3 is 0 Å². The Morgan fingerprint density at radius 2 is 1.21 bits per heavy atom. The summed E-state index contributed by atoms with van der Waals surface area (Å²) in [5.74, 6) is 0. The SMILES string of the molecule is c1cnc2c(c1)nnc1cccnc12. The molecule has 66 valence electrons. The smallest absolute Gasteiger partial charge is 0.118 e. The van der Waals surface area contributed by atoms with E-state index in [1.807, 2.05) is 24.3 Å². The summed E-state index contributed by atoms with van der Waals surface area (Å²) in [5, 5.41) is 8.11. The minimum absolute atomic E-state index is 0.777. The van der Waals surface area contributed by atoms with Gasteiger partial charge in [-0.05, 0) is 24.3 Å². The van der Waals surface area contributed by atoms with E-state index >= 15 is 0 Å². The van der Waals surface area contributed by atoms with E-state index in [2.05, 4.69) is 20.2 Å². The molecule has 3 aromatic rings. The first-order valence-corrected chi connectivity index (χ1v) is 4.27. The van der Waals surface area contributed by atoms with Crippen LogP contribution in [0.2, 0.25) is 0 Å². The number of aromatic nitrogens is 4. The lowest BCUT2D eigenvalue weighted by atomic mass is 10.3. The van der Waals surface area contributed by atoms with Gasteiger partial charge < -0.3 is 0 Å². The molecule has 0 aliphatic heterocycles. The van der Waals surface area contributed by atoms with E-state index in [9.17, 15) is 0 Å². The number of pyridine rings is 2. The molecule has 3 heterocycles. The number of fused-ring (bicyclic) bond motifs is 3. The lowest BCUT2D eigenvalue weighted by molar-refractivity contribution is 1.11. The number of hydrogen-bond donors (Lipinski definition) is 0. The molecule has 3 rings (SSSR count). The van der Waals surface area contributed by atoms with Crippen molar-refractivity contribution in [3.63, 3.8) is 0 Å². The van der Waals surface area contributed by atoms with Gasteiger partial charge in [0.2, 0.25) is 0 Å². The van der Waals surface area contributed by atoms with Gasteiger partial charge in [0.05, 0.1) is 0 Å². The van der Waals surface area contributed by atoms with Crippen LogP contribution in [0, 0.1) is 0 Å². The minimum atomic E-state index is 0.777. The maximum Gasteiger partial charge on any atom is 0.118 e. The van der Waals surface area contributed by atoms with Crippen LogP contribution in [0.5, 0.6) is 0 Å². The van der Waals surface area contributed by atoms with Crippen molar-refractivity contribution in [2.24, 2.45) is 0 Å². The molecule has 4 nitrogen and oxygen atoms in total. The summed E-state index contributed by atoms with van der Waals surface area (Å²) in [4.78, 5) is 8.49. The highest BCUT2D eigenvalue weighted by Crippen LogP contribution is 2.15. The summed E-state index contributed by atoms with van der Waals surface area (Å²) < 4.78 is 0. The van der Waals surface area contributed by atoms with Crippen LogP contribution < -0.4 is 0 Å². The van der Waals surface area contributed by atoms with Gasteiger partial charge in [-0.2, -0.15) is 0 Å². The molecule has 0 saturated carbocycles. The molecule has 0 aromatic carbocycles. The van der Waals surface area contributed by atoms with Gasteiger partial charge in [0.1, 0.15) is 22.1 Å². The van der Waals surface area contributed by atoms with Crippen molar-refractivity contribution in [1.29, 1.82) is 0 Å². The highest BCUT2D eigenvalue weighted by Gasteiger charge is 2.02. The van der Waals surface area contributed by atoms with Crippen molar-refractivity contribution in [2.75, 3.05) is 0 Å². The normalized spacial score (nSPS) is 10.9. The van der Waals surface area contributed by atoms with Gasteiger partial charge in [-0.1, -0.05) is 0 Å². The highest BCUT2D eigenvalue weighted by molar-refractivity contribution is 5.97.